The highest BCUT2D eigenvalue weighted by atomic mass is 127. The van der Waals surface area contributed by atoms with E-state index in [4.69, 9.17) is 10.5 Å². The quantitative estimate of drug-likeness (QED) is 0.434. The molecule has 0 fully saturated rings. The van der Waals surface area contributed by atoms with Crippen LogP contribution in [0.5, 0.6) is 5.75 Å². The maximum absolute atomic E-state index is 5.89. The fourth-order valence-electron chi connectivity index (χ4n) is 1.93. The van der Waals surface area contributed by atoms with Gasteiger partial charge in [-0.25, -0.2) is 4.99 Å². The number of aliphatic imine (C=N–C) groups is 1. The third-order valence-electron chi connectivity index (χ3n) is 2.86. The number of hydrogen-bond acceptors (Lipinski definition) is 3. The summed E-state index contributed by atoms with van der Waals surface area (Å²) in [6, 6.07) is 13.5. The zero-order chi connectivity index (χ0) is 15.9. The van der Waals surface area contributed by atoms with Crippen molar-refractivity contribution in [2.45, 2.75) is 33.4 Å². The summed E-state index contributed by atoms with van der Waals surface area (Å²) in [6.45, 7) is 6.40. The third-order valence-corrected chi connectivity index (χ3v) is 2.86. The molecular weight excluding hydrogens is 403 g/mol. The monoisotopic (exact) mass is 426 g/mol. The molecule has 0 aliphatic rings. The van der Waals surface area contributed by atoms with Crippen LogP contribution in [0.4, 0.5) is 5.69 Å². The van der Waals surface area contributed by atoms with Gasteiger partial charge < -0.3 is 15.8 Å². The molecule has 5 nitrogen and oxygen atoms in total. The normalized spacial score (nSPS) is 11.0. The lowest BCUT2D eigenvalue weighted by Gasteiger charge is -2.10. The molecule has 0 aliphatic carbocycles. The van der Waals surface area contributed by atoms with Crippen LogP contribution in [0.1, 0.15) is 25.2 Å². The number of pyridine rings is 1. The first kappa shape index (κ1) is 19.2. The average Bonchev–Trinajstić information content (AvgIpc) is 2.47. The maximum Gasteiger partial charge on any atom is 0.193 e. The first-order valence-corrected chi connectivity index (χ1v) is 7.29. The molecule has 0 radical (unpaired) electrons. The number of ether oxygens (including phenoxy) is 1. The van der Waals surface area contributed by atoms with Crippen molar-refractivity contribution >= 4 is 35.6 Å². The van der Waals surface area contributed by atoms with Crippen LogP contribution in [-0.4, -0.2) is 17.0 Å². The highest BCUT2D eigenvalue weighted by molar-refractivity contribution is 14.0. The van der Waals surface area contributed by atoms with Crippen LogP contribution >= 0.6 is 24.0 Å². The lowest BCUT2D eigenvalue weighted by Crippen LogP contribution is -2.22. The van der Waals surface area contributed by atoms with E-state index in [0.717, 1.165) is 22.8 Å². The van der Waals surface area contributed by atoms with E-state index in [1.165, 1.54) is 0 Å². The minimum absolute atomic E-state index is 0. The van der Waals surface area contributed by atoms with Crippen LogP contribution < -0.4 is 15.8 Å². The second kappa shape index (κ2) is 9.34. The Balaban J connectivity index is 0.00000264. The highest BCUT2D eigenvalue weighted by Gasteiger charge is 2.00. The van der Waals surface area contributed by atoms with Crippen molar-refractivity contribution in [2.24, 2.45) is 10.7 Å². The predicted molar refractivity (Wildman–Crippen MR) is 106 cm³/mol. The van der Waals surface area contributed by atoms with Crippen LogP contribution in [0.15, 0.2) is 47.5 Å². The molecule has 0 unspecified atom stereocenters. The van der Waals surface area contributed by atoms with Gasteiger partial charge in [0.25, 0.3) is 0 Å². The van der Waals surface area contributed by atoms with E-state index < -0.39 is 0 Å². The average molecular weight is 426 g/mol. The molecule has 6 heteroatoms. The number of hydrogen-bond donors (Lipinski definition) is 2. The largest absolute Gasteiger partial charge is 0.491 e. The zero-order valence-corrected chi connectivity index (χ0v) is 15.9. The molecule has 124 valence electrons. The van der Waals surface area contributed by atoms with E-state index in [0.29, 0.717) is 12.5 Å². The Kier molecular flexibility index (Phi) is 7.80. The van der Waals surface area contributed by atoms with E-state index in [2.05, 4.69) is 15.3 Å². The number of aryl methyl sites for hydroxylation is 1. The molecule has 0 saturated carbocycles. The van der Waals surface area contributed by atoms with Crippen LogP contribution in [0.2, 0.25) is 0 Å². The Hall–Kier alpha value is -1.83. The lowest BCUT2D eigenvalue weighted by atomic mass is 10.3. The van der Waals surface area contributed by atoms with Gasteiger partial charge in [-0.05, 0) is 57.2 Å². The number of rotatable bonds is 5. The first-order valence-electron chi connectivity index (χ1n) is 7.29. The number of guanidine groups is 1. The predicted octanol–water partition coefficient (Wildman–Crippen LogP) is 3.72. The van der Waals surface area contributed by atoms with Gasteiger partial charge in [-0.3, -0.25) is 4.98 Å². The Labute approximate surface area is 154 Å². The fraction of sp³-hybridized carbons (Fsp3) is 0.294. The summed E-state index contributed by atoms with van der Waals surface area (Å²) in [6.07, 6.45) is 0.160. The number of nitrogens with zero attached hydrogens (tertiary/aromatic N) is 2. The molecule has 0 spiro atoms. The summed E-state index contributed by atoms with van der Waals surface area (Å²) in [5, 5.41) is 3.05. The van der Waals surface area contributed by atoms with Crippen molar-refractivity contribution < 1.29 is 4.74 Å². The SMILES string of the molecule is Cc1cccc(CN=C(N)Nc2ccc(OC(C)C)cc2)n1.I. The fourth-order valence-corrected chi connectivity index (χ4v) is 1.93. The number of aromatic nitrogens is 1. The molecule has 2 rings (SSSR count). The number of nitrogens with one attached hydrogen (secondary N) is 1. The van der Waals surface area contributed by atoms with Crippen LogP contribution in [0.3, 0.4) is 0 Å². The second-order valence-electron chi connectivity index (χ2n) is 5.29. The molecule has 0 aliphatic heterocycles. The van der Waals surface area contributed by atoms with Crippen molar-refractivity contribution in [1.82, 2.24) is 4.98 Å². The van der Waals surface area contributed by atoms with Gasteiger partial charge in [0.05, 0.1) is 18.3 Å². The number of halogens is 1. The van der Waals surface area contributed by atoms with E-state index in [-0.39, 0.29) is 30.1 Å². The summed E-state index contributed by atoms with van der Waals surface area (Å²) >= 11 is 0. The van der Waals surface area contributed by atoms with Crippen molar-refractivity contribution in [3.8, 4) is 5.75 Å². The van der Waals surface area contributed by atoms with Crippen molar-refractivity contribution in [3.05, 3.63) is 53.9 Å². The van der Waals surface area contributed by atoms with Gasteiger partial charge in [-0.2, -0.15) is 0 Å². The summed E-state index contributed by atoms with van der Waals surface area (Å²) < 4.78 is 5.59. The molecule has 1 heterocycles. The van der Waals surface area contributed by atoms with Crippen LogP contribution in [-0.2, 0) is 6.54 Å². The third kappa shape index (κ3) is 6.85. The molecule has 2 aromatic rings. The van der Waals surface area contributed by atoms with Gasteiger partial charge >= 0.3 is 0 Å². The number of anilines is 1. The lowest BCUT2D eigenvalue weighted by molar-refractivity contribution is 0.242. The number of nitrogens with two attached hydrogens (primary N) is 1. The van der Waals surface area contributed by atoms with E-state index in [1.54, 1.807) is 0 Å². The van der Waals surface area contributed by atoms with Crippen LogP contribution in [0.25, 0.3) is 0 Å². The zero-order valence-electron chi connectivity index (χ0n) is 13.6. The molecule has 1 aromatic heterocycles. The Morgan fingerprint density at radius 2 is 1.91 bits per heavy atom. The molecular formula is C17H23IN4O. The van der Waals surface area contributed by atoms with Gasteiger partial charge in [0, 0.05) is 11.4 Å². The molecule has 0 bridgehead atoms. The van der Waals surface area contributed by atoms with E-state index in [1.807, 2.05) is 63.2 Å². The van der Waals surface area contributed by atoms with Crippen molar-refractivity contribution in [2.75, 3.05) is 5.32 Å². The maximum atomic E-state index is 5.89. The first-order chi connectivity index (χ1) is 10.5. The smallest absolute Gasteiger partial charge is 0.193 e. The number of benzene rings is 1. The van der Waals surface area contributed by atoms with Gasteiger partial charge in [-0.15, -0.1) is 24.0 Å². The van der Waals surface area contributed by atoms with Gasteiger partial charge in [0.15, 0.2) is 5.96 Å². The van der Waals surface area contributed by atoms with Crippen molar-refractivity contribution in [1.29, 1.82) is 0 Å². The minimum Gasteiger partial charge on any atom is -0.491 e. The molecule has 23 heavy (non-hydrogen) atoms. The summed E-state index contributed by atoms with van der Waals surface area (Å²) in [5.41, 5.74) is 8.63. The Bertz CT molecular complexity index is 641. The molecule has 0 saturated heterocycles. The van der Waals surface area contributed by atoms with E-state index >= 15 is 0 Å². The Morgan fingerprint density at radius 1 is 1.22 bits per heavy atom. The molecule has 0 atom stereocenters. The second-order valence-corrected chi connectivity index (χ2v) is 5.29. The minimum atomic E-state index is 0. The molecule has 1 aromatic carbocycles. The molecule has 3 N–H and O–H groups in total. The standard InChI is InChI=1S/C17H22N4O.HI/c1-12(2)22-16-9-7-14(8-10-16)21-17(18)19-11-15-6-4-5-13(3)20-15;/h4-10,12H,11H2,1-3H3,(H3,18,19,21);1H. The van der Waals surface area contributed by atoms with E-state index in [9.17, 15) is 0 Å². The van der Waals surface area contributed by atoms with Gasteiger partial charge in [0.2, 0.25) is 0 Å². The topological polar surface area (TPSA) is 72.5 Å². The molecule has 0 amide bonds. The van der Waals surface area contributed by atoms with Gasteiger partial charge in [0.1, 0.15) is 5.75 Å². The van der Waals surface area contributed by atoms with Gasteiger partial charge in [-0.1, -0.05) is 6.07 Å². The highest BCUT2D eigenvalue weighted by Crippen LogP contribution is 2.16. The van der Waals surface area contributed by atoms with Crippen molar-refractivity contribution in [3.63, 3.8) is 0 Å². The van der Waals surface area contributed by atoms with Crippen LogP contribution in [0, 0.1) is 6.92 Å². The Morgan fingerprint density at radius 3 is 2.52 bits per heavy atom. The summed E-state index contributed by atoms with van der Waals surface area (Å²) in [4.78, 5) is 8.68. The summed E-state index contributed by atoms with van der Waals surface area (Å²) in [7, 11) is 0. The summed E-state index contributed by atoms with van der Waals surface area (Å²) in [5.74, 6) is 1.20.